The highest BCUT2D eigenvalue weighted by atomic mass is 32.2. The zero-order valence-corrected chi connectivity index (χ0v) is 19.4. The highest BCUT2D eigenvalue weighted by molar-refractivity contribution is 7.89. The fourth-order valence-electron chi connectivity index (χ4n) is 4.10. The van der Waals surface area contributed by atoms with Crippen molar-refractivity contribution in [2.45, 2.75) is 29.6 Å². The number of nitrogen functional groups attached to an aromatic ring is 1. The number of cyclic esters (lactones) is 1. The normalized spacial score (nSPS) is 23.3. The lowest BCUT2D eigenvalue weighted by molar-refractivity contribution is -0.250. The summed E-state index contributed by atoms with van der Waals surface area (Å²) in [5.74, 6) is 5.96. The molecule has 0 aliphatic carbocycles. The first-order valence-electron chi connectivity index (χ1n) is 10.5. The van der Waals surface area contributed by atoms with E-state index in [1.807, 2.05) is 4.90 Å². The summed E-state index contributed by atoms with van der Waals surface area (Å²) in [6.07, 6.45) is -4.77. The van der Waals surface area contributed by atoms with Crippen LogP contribution in [0.15, 0.2) is 47.5 Å². The molecule has 1 unspecified atom stereocenters. The molecule has 0 spiro atoms. The second kappa shape index (κ2) is 8.94. The number of benzene rings is 1. The summed E-state index contributed by atoms with van der Waals surface area (Å²) in [6, 6.07) is 7.70. The van der Waals surface area contributed by atoms with E-state index >= 15 is 0 Å². The van der Waals surface area contributed by atoms with Gasteiger partial charge < -0.3 is 20.7 Å². The number of alkyl halides is 3. The third-order valence-corrected chi connectivity index (χ3v) is 7.77. The number of sulfonamides is 1. The minimum absolute atomic E-state index is 0.00452. The number of nitrogens with zero attached hydrogens (tertiary/aromatic N) is 3. The van der Waals surface area contributed by atoms with Crippen molar-refractivity contribution in [1.82, 2.24) is 14.6 Å². The third kappa shape index (κ3) is 4.46. The molecule has 3 heterocycles. The van der Waals surface area contributed by atoms with Gasteiger partial charge in [-0.15, -0.1) is 5.92 Å². The van der Waals surface area contributed by atoms with Crippen molar-refractivity contribution in [2.24, 2.45) is 0 Å². The molecule has 2 fully saturated rings. The monoisotopic (exact) mass is 509 g/mol. The summed E-state index contributed by atoms with van der Waals surface area (Å²) in [7, 11) is -3.84. The van der Waals surface area contributed by atoms with Crippen molar-refractivity contribution in [1.29, 1.82) is 0 Å². The molecule has 2 aliphatic heterocycles. The Balaban J connectivity index is 1.58. The Hall–Kier alpha value is -3.50. The van der Waals surface area contributed by atoms with Crippen molar-refractivity contribution in [3.05, 3.63) is 48.2 Å². The Bertz CT molecular complexity index is 1270. The molecule has 1 aromatic carbocycles. The van der Waals surface area contributed by atoms with Crippen LogP contribution >= 0.6 is 0 Å². The van der Waals surface area contributed by atoms with Crippen LogP contribution in [-0.2, 0) is 20.4 Å². The molecule has 1 aromatic heterocycles. The van der Waals surface area contributed by atoms with Crippen LogP contribution in [0, 0.1) is 11.8 Å². The van der Waals surface area contributed by atoms with E-state index in [2.05, 4.69) is 26.9 Å². The number of aromatic nitrogens is 1. The predicted octanol–water partition coefficient (Wildman–Crippen LogP) is 2.06. The zero-order valence-electron chi connectivity index (χ0n) is 18.5. The Kier molecular flexibility index (Phi) is 6.29. The lowest BCUT2D eigenvalue weighted by atomic mass is 9.93. The average molecular weight is 510 g/mol. The molecule has 186 valence electrons. The summed E-state index contributed by atoms with van der Waals surface area (Å²) in [6.45, 7) is 1.32. The quantitative estimate of drug-likeness (QED) is 0.606. The van der Waals surface area contributed by atoms with E-state index in [-0.39, 0.29) is 35.9 Å². The molecule has 35 heavy (non-hydrogen) atoms. The Morgan fingerprint density at radius 1 is 1.20 bits per heavy atom. The third-order valence-electron chi connectivity index (χ3n) is 5.92. The van der Waals surface area contributed by atoms with Gasteiger partial charge in [-0.2, -0.15) is 17.5 Å². The van der Waals surface area contributed by atoms with Gasteiger partial charge in [-0.3, -0.25) is 0 Å². The fraction of sp³-hybridized carbons (Fsp3) is 0.364. The maximum Gasteiger partial charge on any atom is 0.434 e. The lowest BCUT2D eigenvalue weighted by Crippen LogP contribution is -2.54. The second-order valence-corrected chi connectivity index (χ2v) is 9.94. The topological polar surface area (TPSA) is 118 Å². The predicted molar refractivity (Wildman–Crippen MR) is 121 cm³/mol. The van der Waals surface area contributed by atoms with E-state index in [4.69, 9.17) is 5.73 Å². The molecule has 4 rings (SSSR count). The summed E-state index contributed by atoms with van der Waals surface area (Å²) in [4.78, 5) is 17.1. The van der Waals surface area contributed by atoms with E-state index in [9.17, 15) is 26.4 Å². The first-order valence-corrected chi connectivity index (χ1v) is 12.0. The molecule has 0 bridgehead atoms. The van der Waals surface area contributed by atoms with Crippen LogP contribution in [0.1, 0.15) is 12.5 Å². The molecule has 0 saturated carbocycles. The van der Waals surface area contributed by atoms with Crippen molar-refractivity contribution < 1.29 is 31.1 Å². The minimum Gasteiger partial charge on any atom is -0.426 e. The van der Waals surface area contributed by atoms with Crippen LogP contribution < -0.4 is 16.0 Å². The van der Waals surface area contributed by atoms with Gasteiger partial charge in [-0.1, -0.05) is 18.1 Å². The van der Waals surface area contributed by atoms with Crippen molar-refractivity contribution in [3.63, 3.8) is 0 Å². The molecule has 2 aromatic rings. The smallest absolute Gasteiger partial charge is 0.426 e. The Labute approximate surface area is 200 Å². The van der Waals surface area contributed by atoms with Gasteiger partial charge in [-0.25, -0.2) is 18.2 Å². The van der Waals surface area contributed by atoms with Gasteiger partial charge in [0.25, 0.3) is 5.60 Å². The van der Waals surface area contributed by atoms with E-state index in [1.54, 1.807) is 6.92 Å². The van der Waals surface area contributed by atoms with E-state index in [0.29, 0.717) is 5.69 Å². The largest absolute Gasteiger partial charge is 0.434 e. The first kappa shape index (κ1) is 24.6. The van der Waals surface area contributed by atoms with Crippen LogP contribution in [0.25, 0.3) is 0 Å². The van der Waals surface area contributed by atoms with Crippen molar-refractivity contribution >= 4 is 27.6 Å². The van der Waals surface area contributed by atoms with Gasteiger partial charge >= 0.3 is 12.3 Å². The molecular formula is C22H22F3N5O4S. The number of pyridine rings is 1. The SMILES string of the molecule is CC#C[C@H]1CN(S(=O)(=O)c2ccc(N)nc2)CCN1c1ccc(C2(C(F)(F)F)CNC(=O)O2)cc1. The summed E-state index contributed by atoms with van der Waals surface area (Å²) in [5.41, 5.74) is 3.11. The van der Waals surface area contributed by atoms with Gasteiger partial charge in [0.15, 0.2) is 0 Å². The van der Waals surface area contributed by atoms with Crippen molar-refractivity contribution in [3.8, 4) is 11.8 Å². The molecule has 9 nitrogen and oxygen atoms in total. The van der Waals surface area contributed by atoms with E-state index < -0.39 is 40.5 Å². The van der Waals surface area contributed by atoms with Gasteiger partial charge in [0.2, 0.25) is 10.0 Å². The van der Waals surface area contributed by atoms with Crippen molar-refractivity contribution in [2.75, 3.05) is 36.8 Å². The van der Waals surface area contributed by atoms with Gasteiger partial charge in [0.1, 0.15) is 16.8 Å². The number of halogens is 3. The molecule has 13 heteroatoms. The number of hydrogen-bond donors (Lipinski definition) is 2. The lowest BCUT2D eigenvalue weighted by Gasteiger charge is -2.40. The summed E-state index contributed by atoms with van der Waals surface area (Å²) >= 11 is 0. The molecular weight excluding hydrogens is 487 g/mol. The van der Waals surface area contributed by atoms with Crippen LogP contribution in [-0.4, -0.2) is 62.2 Å². The number of nitrogens with one attached hydrogen (secondary N) is 1. The Morgan fingerprint density at radius 2 is 1.91 bits per heavy atom. The van der Waals surface area contributed by atoms with Crippen LogP contribution in [0.4, 0.5) is 29.5 Å². The van der Waals surface area contributed by atoms with Gasteiger partial charge in [0.05, 0.1) is 6.54 Å². The number of piperazine rings is 1. The summed E-state index contributed by atoms with van der Waals surface area (Å²) in [5, 5.41) is 2.07. The number of anilines is 2. The molecule has 2 saturated heterocycles. The number of carbonyl (C=O) groups excluding carboxylic acids is 1. The van der Waals surface area contributed by atoms with Crippen LogP contribution in [0.2, 0.25) is 0 Å². The number of nitrogens with two attached hydrogens (primary N) is 1. The minimum atomic E-state index is -4.82. The number of alkyl carbamates (subject to hydrolysis) is 1. The Morgan fingerprint density at radius 3 is 2.46 bits per heavy atom. The molecule has 0 radical (unpaired) electrons. The number of amides is 1. The number of hydrogen-bond acceptors (Lipinski definition) is 7. The average Bonchev–Trinajstić information content (AvgIpc) is 3.23. The highest BCUT2D eigenvalue weighted by Crippen LogP contribution is 2.44. The second-order valence-electron chi connectivity index (χ2n) is 8.00. The number of carbonyl (C=O) groups is 1. The van der Waals surface area contributed by atoms with Gasteiger partial charge in [0, 0.05) is 37.1 Å². The number of rotatable bonds is 4. The zero-order chi connectivity index (χ0) is 25.4. The first-order chi connectivity index (χ1) is 16.5. The molecule has 3 N–H and O–H groups in total. The maximum atomic E-state index is 13.8. The van der Waals surface area contributed by atoms with E-state index in [0.717, 1.165) is 0 Å². The summed E-state index contributed by atoms with van der Waals surface area (Å²) < 4.78 is 73.4. The standard InChI is InChI=1S/C22H22F3N5O4S/c1-2-3-17-13-29(35(32,33)18-8-9-19(26)27-12-18)10-11-30(17)16-6-4-15(5-7-16)21(22(23,24)25)14-28-20(31)34-21/h4-9,12,17H,10-11,13-14H2,1H3,(H2,26,27)(H,28,31)/t17-,21?/m0/s1. The number of ether oxygens (including phenoxy) is 1. The highest BCUT2D eigenvalue weighted by Gasteiger charge is 2.62. The van der Waals surface area contributed by atoms with E-state index in [1.165, 1.54) is 46.9 Å². The molecule has 2 aliphatic rings. The molecule has 1 amide bonds. The van der Waals surface area contributed by atoms with Gasteiger partial charge in [-0.05, 0) is 31.2 Å². The van der Waals surface area contributed by atoms with Crippen LogP contribution in [0.3, 0.4) is 0 Å². The maximum absolute atomic E-state index is 13.8. The van der Waals surface area contributed by atoms with Crippen LogP contribution in [0.5, 0.6) is 0 Å². The fourth-order valence-corrected chi connectivity index (χ4v) is 5.48. The molecule has 2 atom stereocenters.